The summed E-state index contributed by atoms with van der Waals surface area (Å²) in [6.45, 7) is 5.53. The van der Waals surface area contributed by atoms with Gasteiger partial charge in [-0.3, -0.25) is 0 Å². The lowest BCUT2D eigenvalue weighted by molar-refractivity contribution is -0.212. The van der Waals surface area contributed by atoms with Gasteiger partial charge in [-0.15, -0.1) is 0 Å². The molecule has 0 N–H and O–H groups in total. The Morgan fingerprint density at radius 2 is 1.57 bits per heavy atom. The number of benzene rings is 2. The molecule has 8 heteroatoms. The van der Waals surface area contributed by atoms with Crippen LogP contribution in [0.15, 0.2) is 47.4 Å². The van der Waals surface area contributed by atoms with Gasteiger partial charge in [-0.1, -0.05) is 48.6 Å². The van der Waals surface area contributed by atoms with Gasteiger partial charge in [0.1, 0.15) is 0 Å². The highest BCUT2D eigenvalue weighted by atomic mass is 32.2. The van der Waals surface area contributed by atoms with E-state index >= 15 is 0 Å². The molecule has 0 atom stereocenters. The van der Waals surface area contributed by atoms with Crippen LogP contribution in [0.5, 0.6) is 0 Å². The Labute approximate surface area is 130 Å². The maximum absolute atomic E-state index is 12.3. The fourth-order valence-corrected chi connectivity index (χ4v) is 2.49. The van der Waals surface area contributed by atoms with Crippen molar-refractivity contribution in [2.24, 2.45) is 4.40 Å². The maximum atomic E-state index is 12.3. The fourth-order valence-electron chi connectivity index (χ4n) is 2.07. The lowest BCUT2D eigenvalue weighted by Gasteiger charge is -2.16. The molecular weight excluding hydrogens is 331 g/mol. The SMILES string of the molecule is C=C(C)c1ccc(/C([O-])=N/S(=O)(=O)C(F)(F)F)c2ccccc12. The van der Waals surface area contributed by atoms with Crippen molar-refractivity contribution in [3.05, 3.63) is 54.1 Å². The first-order valence-electron chi connectivity index (χ1n) is 6.31. The first-order valence-corrected chi connectivity index (χ1v) is 7.75. The van der Waals surface area contributed by atoms with E-state index in [2.05, 4.69) is 11.0 Å². The van der Waals surface area contributed by atoms with E-state index in [1.165, 1.54) is 18.2 Å². The molecule has 0 saturated carbocycles. The topological polar surface area (TPSA) is 69.6 Å². The molecular formula is C15H11F3NO3S-. The molecule has 0 aliphatic heterocycles. The van der Waals surface area contributed by atoms with E-state index in [0.717, 1.165) is 0 Å². The molecule has 0 aliphatic carbocycles. The first kappa shape index (κ1) is 17.0. The van der Waals surface area contributed by atoms with Gasteiger partial charge in [-0.25, -0.2) is 0 Å². The van der Waals surface area contributed by atoms with E-state index in [9.17, 15) is 26.7 Å². The van der Waals surface area contributed by atoms with Gasteiger partial charge >= 0.3 is 15.5 Å². The monoisotopic (exact) mass is 342 g/mol. The van der Waals surface area contributed by atoms with Gasteiger partial charge < -0.3 is 5.11 Å². The van der Waals surface area contributed by atoms with Crippen molar-refractivity contribution in [3.8, 4) is 0 Å². The average molecular weight is 342 g/mol. The van der Waals surface area contributed by atoms with E-state index in [1.807, 2.05) is 0 Å². The van der Waals surface area contributed by atoms with Gasteiger partial charge in [-0.2, -0.15) is 26.0 Å². The van der Waals surface area contributed by atoms with Crippen LogP contribution in [0.1, 0.15) is 18.1 Å². The van der Waals surface area contributed by atoms with Crippen LogP contribution in [-0.4, -0.2) is 19.8 Å². The third-order valence-corrected chi connectivity index (χ3v) is 4.10. The Morgan fingerprint density at radius 3 is 2.04 bits per heavy atom. The van der Waals surface area contributed by atoms with Crippen LogP contribution in [0.3, 0.4) is 0 Å². The van der Waals surface area contributed by atoms with Gasteiger partial charge in [-0.05, 0) is 28.8 Å². The zero-order valence-corrected chi connectivity index (χ0v) is 12.7. The molecule has 0 amide bonds. The molecule has 0 spiro atoms. The Hall–Kier alpha value is -2.35. The number of hydrogen-bond acceptors (Lipinski definition) is 3. The van der Waals surface area contributed by atoms with Gasteiger partial charge in [0.15, 0.2) is 0 Å². The predicted molar refractivity (Wildman–Crippen MR) is 80.2 cm³/mol. The molecule has 4 nitrogen and oxygen atoms in total. The predicted octanol–water partition coefficient (Wildman–Crippen LogP) is 2.83. The molecule has 0 unspecified atom stereocenters. The van der Waals surface area contributed by atoms with Crippen molar-refractivity contribution >= 4 is 32.3 Å². The van der Waals surface area contributed by atoms with Crippen LogP contribution in [-0.2, 0) is 10.0 Å². The Bertz CT molecular complexity index is 915. The average Bonchev–Trinajstić information content (AvgIpc) is 2.44. The molecule has 122 valence electrons. The minimum Gasteiger partial charge on any atom is -0.858 e. The lowest BCUT2D eigenvalue weighted by Crippen LogP contribution is -2.27. The van der Waals surface area contributed by atoms with Crippen LogP contribution >= 0.6 is 0 Å². The van der Waals surface area contributed by atoms with Crippen LogP contribution in [0.25, 0.3) is 16.3 Å². The van der Waals surface area contributed by atoms with Crippen molar-refractivity contribution in [1.82, 2.24) is 0 Å². The zero-order valence-electron chi connectivity index (χ0n) is 11.9. The molecule has 23 heavy (non-hydrogen) atoms. The number of sulfonamides is 1. The molecule has 0 fully saturated rings. The van der Waals surface area contributed by atoms with Crippen molar-refractivity contribution in [1.29, 1.82) is 0 Å². The standard InChI is InChI=1S/C15H12F3NO3S/c1-9(2)10-7-8-13(12-6-4-3-5-11(10)12)14(20)19-23(21,22)15(16,17)18/h3-8H,1H2,2H3,(H,19,20)/p-1. The van der Waals surface area contributed by atoms with E-state index < -0.39 is 21.4 Å². The van der Waals surface area contributed by atoms with Gasteiger partial charge in [0.25, 0.3) is 0 Å². The third kappa shape index (κ3) is 3.21. The van der Waals surface area contributed by atoms with Crippen molar-refractivity contribution in [2.45, 2.75) is 12.4 Å². The normalized spacial score (nSPS) is 13.3. The first-order chi connectivity index (χ1) is 10.5. The van der Waals surface area contributed by atoms with E-state index in [0.29, 0.717) is 21.9 Å². The summed E-state index contributed by atoms with van der Waals surface area (Å²) in [5, 5.41) is 12.8. The number of fused-ring (bicyclic) bond motifs is 1. The highest BCUT2D eigenvalue weighted by Crippen LogP contribution is 2.28. The summed E-state index contributed by atoms with van der Waals surface area (Å²) in [5.74, 6) is -1.47. The van der Waals surface area contributed by atoms with E-state index in [-0.39, 0.29) is 5.56 Å². The highest BCUT2D eigenvalue weighted by molar-refractivity contribution is 7.91. The summed E-state index contributed by atoms with van der Waals surface area (Å²) in [7, 11) is -5.88. The molecule has 2 aromatic rings. The molecule has 2 rings (SSSR count). The molecule has 0 aromatic heterocycles. The minimum atomic E-state index is -5.88. The van der Waals surface area contributed by atoms with Gasteiger partial charge in [0.05, 0.1) is 0 Å². The zero-order chi connectivity index (χ0) is 17.4. The lowest BCUT2D eigenvalue weighted by atomic mass is 9.96. The second-order valence-electron chi connectivity index (χ2n) is 4.80. The minimum absolute atomic E-state index is 0.224. The smallest absolute Gasteiger partial charge is 0.518 e. The van der Waals surface area contributed by atoms with E-state index in [4.69, 9.17) is 0 Å². The van der Waals surface area contributed by atoms with Gasteiger partial charge in [0, 0.05) is 5.90 Å². The number of alkyl halides is 3. The van der Waals surface area contributed by atoms with Crippen LogP contribution in [0, 0.1) is 0 Å². The fraction of sp³-hybridized carbons (Fsp3) is 0.133. The molecule has 0 aliphatic rings. The number of halogens is 3. The summed E-state index contributed by atoms with van der Waals surface area (Å²) < 4.78 is 61.4. The van der Waals surface area contributed by atoms with Crippen molar-refractivity contribution in [3.63, 3.8) is 0 Å². The van der Waals surface area contributed by atoms with Crippen LogP contribution < -0.4 is 5.11 Å². The Balaban J connectivity index is 2.71. The largest absolute Gasteiger partial charge is 0.858 e. The van der Waals surface area contributed by atoms with Crippen LogP contribution in [0.2, 0.25) is 0 Å². The summed E-state index contributed by atoms with van der Waals surface area (Å²) in [5.41, 5.74) is -4.44. The molecule has 0 saturated heterocycles. The molecule has 0 heterocycles. The molecule has 0 radical (unpaired) electrons. The number of allylic oxidation sites excluding steroid dienone is 1. The number of rotatable bonds is 3. The summed E-state index contributed by atoms with van der Waals surface area (Å²) in [6, 6.07) is 9.17. The molecule has 2 aromatic carbocycles. The Morgan fingerprint density at radius 1 is 1.09 bits per heavy atom. The molecule has 0 bridgehead atoms. The van der Waals surface area contributed by atoms with Crippen molar-refractivity contribution < 1.29 is 26.7 Å². The second-order valence-corrected chi connectivity index (χ2v) is 6.40. The summed E-state index contributed by atoms with van der Waals surface area (Å²) >= 11 is 0. The third-order valence-electron chi connectivity index (χ3n) is 3.11. The number of nitrogens with zero attached hydrogens (tertiary/aromatic N) is 1. The number of hydrogen-bond donors (Lipinski definition) is 0. The van der Waals surface area contributed by atoms with E-state index in [1.54, 1.807) is 25.1 Å². The highest BCUT2D eigenvalue weighted by Gasteiger charge is 2.45. The summed E-state index contributed by atoms with van der Waals surface area (Å²) in [4.78, 5) is 0. The quantitative estimate of drug-likeness (QED) is 0.636. The van der Waals surface area contributed by atoms with Crippen molar-refractivity contribution in [2.75, 3.05) is 0 Å². The van der Waals surface area contributed by atoms with Gasteiger partial charge in [0.2, 0.25) is 0 Å². The Kier molecular flexibility index (Phi) is 4.21. The summed E-state index contributed by atoms with van der Waals surface area (Å²) in [6.07, 6.45) is 0. The second kappa shape index (κ2) is 5.69. The maximum Gasteiger partial charge on any atom is 0.518 e. The van der Waals surface area contributed by atoms with Crippen LogP contribution in [0.4, 0.5) is 13.2 Å².